The Balaban J connectivity index is 1.04. The molecule has 286 valence electrons. The summed E-state index contributed by atoms with van der Waals surface area (Å²) in [6.45, 7) is 3.55. The highest BCUT2D eigenvalue weighted by molar-refractivity contribution is 5.81. The molecular formula is C44H45N7O5. The zero-order valence-electron chi connectivity index (χ0n) is 32.0. The van der Waals surface area contributed by atoms with Gasteiger partial charge in [-0.3, -0.25) is 9.80 Å². The third kappa shape index (κ3) is 6.04. The van der Waals surface area contributed by atoms with E-state index in [-0.39, 0.29) is 12.1 Å². The number of methoxy groups -OCH3 is 2. The van der Waals surface area contributed by atoms with Gasteiger partial charge in [0.15, 0.2) is 46.0 Å². The number of benzene rings is 4. The van der Waals surface area contributed by atoms with Gasteiger partial charge in [-0.2, -0.15) is 0 Å². The van der Waals surface area contributed by atoms with E-state index in [0.29, 0.717) is 34.3 Å². The van der Waals surface area contributed by atoms with Gasteiger partial charge in [0.25, 0.3) is 0 Å². The minimum Gasteiger partial charge on any atom is -0.493 e. The summed E-state index contributed by atoms with van der Waals surface area (Å²) in [5, 5.41) is 0. The molecule has 6 aromatic rings. The second kappa shape index (κ2) is 14.0. The summed E-state index contributed by atoms with van der Waals surface area (Å²) in [5.41, 5.74) is 14.8. The maximum absolute atomic E-state index is 7.10. The highest BCUT2D eigenvalue weighted by atomic mass is 16.6. The van der Waals surface area contributed by atoms with E-state index in [1.165, 1.54) is 34.1 Å². The number of hydrogen-bond acceptors (Lipinski definition) is 11. The summed E-state index contributed by atoms with van der Waals surface area (Å²) in [6, 6.07) is 21.5. The number of anilines is 1. The molecule has 11 rings (SSSR count). The monoisotopic (exact) mass is 751 g/mol. The van der Waals surface area contributed by atoms with Crippen LogP contribution in [-0.2, 0) is 32.2 Å². The summed E-state index contributed by atoms with van der Waals surface area (Å²) in [7, 11) is 5.60. The van der Waals surface area contributed by atoms with Crippen LogP contribution in [0, 0.1) is 0 Å². The van der Waals surface area contributed by atoms with Gasteiger partial charge >= 0.3 is 0 Å². The molecule has 7 bridgehead atoms. The Kier molecular flexibility index (Phi) is 8.67. The van der Waals surface area contributed by atoms with Crippen molar-refractivity contribution in [1.82, 2.24) is 29.3 Å². The van der Waals surface area contributed by atoms with Gasteiger partial charge in [-0.1, -0.05) is 18.2 Å². The molecule has 0 unspecified atom stereocenters. The van der Waals surface area contributed by atoms with Crippen molar-refractivity contribution in [2.24, 2.45) is 0 Å². The molecule has 2 atom stereocenters. The van der Waals surface area contributed by atoms with Crippen LogP contribution in [0.25, 0.3) is 11.2 Å². The summed E-state index contributed by atoms with van der Waals surface area (Å²) in [5.74, 6) is 6.15. The molecule has 4 aromatic carbocycles. The maximum atomic E-state index is 7.10. The average molecular weight is 752 g/mol. The normalized spacial score (nSPS) is 18.5. The van der Waals surface area contributed by atoms with Crippen LogP contribution in [0.1, 0.15) is 58.3 Å². The van der Waals surface area contributed by atoms with Crippen molar-refractivity contribution in [3.05, 3.63) is 107 Å². The largest absolute Gasteiger partial charge is 0.493 e. The van der Waals surface area contributed by atoms with Crippen LogP contribution in [0.4, 0.5) is 5.82 Å². The fourth-order valence-corrected chi connectivity index (χ4v) is 9.04. The number of imidazole rings is 1. The molecule has 0 saturated carbocycles. The molecule has 0 fully saturated rings. The van der Waals surface area contributed by atoms with Gasteiger partial charge in [-0.15, -0.1) is 0 Å². The smallest absolute Gasteiger partial charge is 0.212 e. The van der Waals surface area contributed by atoms with Crippen LogP contribution in [-0.4, -0.2) is 70.2 Å². The number of aryl methyl sites for hydroxylation is 1. The molecule has 0 saturated heterocycles. The molecule has 0 radical (unpaired) electrons. The van der Waals surface area contributed by atoms with Gasteiger partial charge in [0, 0.05) is 37.3 Å². The molecule has 2 N–H and O–H groups in total. The van der Waals surface area contributed by atoms with E-state index in [2.05, 4.69) is 91.0 Å². The van der Waals surface area contributed by atoms with Crippen molar-refractivity contribution in [2.45, 2.75) is 57.2 Å². The first-order valence-corrected chi connectivity index (χ1v) is 19.5. The van der Waals surface area contributed by atoms with E-state index >= 15 is 0 Å². The predicted octanol–water partition coefficient (Wildman–Crippen LogP) is 7.82. The van der Waals surface area contributed by atoms with Gasteiger partial charge in [0.05, 0.1) is 20.5 Å². The lowest BCUT2D eigenvalue weighted by Gasteiger charge is -2.40. The minimum absolute atomic E-state index is 0.0316. The lowest BCUT2D eigenvalue weighted by molar-refractivity contribution is 0.174. The lowest BCUT2D eigenvalue weighted by Crippen LogP contribution is -2.38. The van der Waals surface area contributed by atoms with Gasteiger partial charge in [-0.25, -0.2) is 15.0 Å². The van der Waals surface area contributed by atoms with Crippen LogP contribution < -0.4 is 29.4 Å². The van der Waals surface area contributed by atoms with Crippen LogP contribution in [0.2, 0.25) is 0 Å². The van der Waals surface area contributed by atoms with Gasteiger partial charge in [0.2, 0.25) is 5.75 Å². The molecule has 0 aliphatic carbocycles. The predicted molar refractivity (Wildman–Crippen MR) is 213 cm³/mol. The number of hydrogen-bond donors (Lipinski definition) is 1. The molecule has 7 heterocycles. The van der Waals surface area contributed by atoms with Gasteiger partial charge in [0.1, 0.15) is 17.6 Å². The third-order valence-electron chi connectivity index (χ3n) is 12.0. The van der Waals surface area contributed by atoms with Crippen LogP contribution in [0.3, 0.4) is 0 Å². The van der Waals surface area contributed by atoms with E-state index in [9.17, 15) is 0 Å². The summed E-state index contributed by atoms with van der Waals surface area (Å²) in [6.07, 6.45) is 8.63. The summed E-state index contributed by atoms with van der Waals surface area (Å²) < 4.78 is 34.3. The number of nitrogens with zero attached hydrogens (tertiary/aromatic N) is 6. The molecule has 2 aromatic heterocycles. The third-order valence-corrected chi connectivity index (χ3v) is 12.0. The number of nitrogens with two attached hydrogens (primary N) is 1. The Morgan fingerprint density at radius 2 is 1.50 bits per heavy atom. The summed E-state index contributed by atoms with van der Waals surface area (Å²) in [4.78, 5) is 18.0. The van der Waals surface area contributed by atoms with Crippen LogP contribution in [0.15, 0.2) is 73.3 Å². The van der Waals surface area contributed by atoms with Gasteiger partial charge in [-0.05, 0) is 122 Å². The lowest BCUT2D eigenvalue weighted by atomic mass is 9.86. The second-order valence-corrected chi connectivity index (χ2v) is 15.3. The van der Waals surface area contributed by atoms with Crippen molar-refractivity contribution in [1.29, 1.82) is 0 Å². The average Bonchev–Trinajstić information content (AvgIpc) is 3.64. The number of likely N-dealkylation sites (N-methyl/N-ethyl adjacent to an activating group) is 1. The first kappa shape index (κ1) is 34.6. The van der Waals surface area contributed by atoms with E-state index in [0.717, 1.165) is 98.9 Å². The quantitative estimate of drug-likeness (QED) is 0.161. The number of rotatable bonds is 7. The Bertz CT molecular complexity index is 2470. The van der Waals surface area contributed by atoms with Crippen molar-refractivity contribution in [3.63, 3.8) is 0 Å². The number of unbranched alkanes of at least 4 members (excludes halogenated alkanes) is 1. The maximum Gasteiger partial charge on any atom is 0.212 e. The van der Waals surface area contributed by atoms with E-state index in [1.54, 1.807) is 14.2 Å². The number of fused-ring (bicyclic) bond motifs is 3. The fourth-order valence-electron chi connectivity index (χ4n) is 9.04. The molecule has 12 heteroatoms. The molecule has 5 aliphatic rings. The number of ether oxygens (including phenoxy) is 5. The first-order valence-electron chi connectivity index (χ1n) is 19.5. The summed E-state index contributed by atoms with van der Waals surface area (Å²) >= 11 is 0. The van der Waals surface area contributed by atoms with Crippen LogP contribution in [0.5, 0.6) is 46.0 Å². The Morgan fingerprint density at radius 3 is 2.36 bits per heavy atom. The first-order chi connectivity index (χ1) is 27.4. The van der Waals surface area contributed by atoms with Crippen molar-refractivity contribution >= 4 is 17.0 Å². The van der Waals surface area contributed by atoms with Crippen LogP contribution >= 0.6 is 0 Å². The van der Waals surface area contributed by atoms with E-state index < -0.39 is 0 Å². The Hall–Kier alpha value is -5.85. The van der Waals surface area contributed by atoms with E-state index in [4.69, 9.17) is 29.4 Å². The number of nitrogen functional groups attached to an aromatic ring is 1. The topological polar surface area (TPSA) is 122 Å². The number of aromatic nitrogens is 4. The van der Waals surface area contributed by atoms with Crippen molar-refractivity contribution in [2.75, 3.05) is 46.6 Å². The standard InChI is InChI=1S/C44H45N7O5/c1-49-16-12-28-21-36-37-23-31(28)32(49)19-27-8-11-34(52-2)35(20-27)54-30-9-6-26(7-10-30)18-33-39-29(22-38(53-3)41(55-36)42(39)56-37)13-17-50(33)14-4-5-15-51-25-48-40-43(45)46-24-47-44(40)51/h6-11,20-25,32-33H,4-5,12-19H2,1-3H3,(H2,45,46,47)/t32-,33-/m0/s1. The van der Waals surface area contributed by atoms with Gasteiger partial charge < -0.3 is 34.0 Å². The SMILES string of the molecule is COc1ccc2cc1Oc1ccc(cc1)C[C@H]1c3c(cc(OC)c4c3Oc3cc5c(cc3O4)CCN(C)[C@H]5C2)CCN1CCCCn1cnc2c(N)ncnc21. The van der Waals surface area contributed by atoms with Crippen molar-refractivity contribution in [3.8, 4) is 46.0 Å². The second-order valence-electron chi connectivity index (χ2n) is 15.3. The molecule has 5 aliphatic heterocycles. The fraction of sp³-hybridized carbons (Fsp3) is 0.341. The molecule has 0 spiro atoms. The molecular weight excluding hydrogens is 707 g/mol. The zero-order chi connectivity index (χ0) is 37.9. The molecule has 0 amide bonds. The molecule has 56 heavy (non-hydrogen) atoms. The zero-order valence-corrected chi connectivity index (χ0v) is 32.0. The highest BCUT2D eigenvalue weighted by Gasteiger charge is 2.38. The Labute approximate surface area is 325 Å². The van der Waals surface area contributed by atoms with E-state index in [1.807, 2.05) is 12.4 Å². The van der Waals surface area contributed by atoms with Crippen molar-refractivity contribution < 1.29 is 23.7 Å². The highest BCUT2D eigenvalue weighted by Crippen LogP contribution is 2.57. The minimum atomic E-state index is 0.0316. The molecule has 12 nitrogen and oxygen atoms in total. The Morgan fingerprint density at radius 1 is 0.732 bits per heavy atom.